The van der Waals surface area contributed by atoms with Gasteiger partial charge < -0.3 is 5.32 Å². The van der Waals surface area contributed by atoms with Crippen molar-refractivity contribution >= 4 is 5.69 Å². The maximum Gasteiger partial charge on any atom is 0.131 e. The zero-order valence-corrected chi connectivity index (χ0v) is 10.4. The van der Waals surface area contributed by atoms with E-state index in [9.17, 15) is 8.78 Å². The summed E-state index contributed by atoms with van der Waals surface area (Å²) >= 11 is 0. The van der Waals surface area contributed by atoms with Gasteiger partial charge in [0, 0.05) is 11.3 Å². The Bertz CT molecular complexity index is 532. The first-order chi connectivity index (χ1) is 8.59. The van der Waals surface area contributed by atoms with Gasteiger partial charge in [-0.1, -0.05) is 24.3 Å². The van der Waals surface area contributed by atoms with Crippen molar-refractivity contribution in [1.82, 2.24) is 0 Å². The van der Waals surface area contributed by atoms with Gasteiger partial charge in [-0.3, -0.25) is 0 Å². The molecule has 1 atom stereocenters. The molecule has 0 saturated carbocycles. The Morgan fingerprint density at radius 3 is 2.17 bits per heavy atom. The number of hydrogen-bond acceptors (Lipinski definition) is 1. The minimum atomic E-state index is -0.524. The van der Waals surface area contributed by atoms with E-state index in [4.69, 9.17) is 0 Å². The van der Waals surface area contributed by atoms with Crippen LogP contribution in [0.4, 0.5) is 14.5 Å². The number of benzene rings is 2. The second-order valence-electron chi connectivity index (χ2n) is 4.32. The first-order valence-corrected chi connectivity index (χ1v) is 5.85. The van der Waals surface area contributed by atoms with Gasteiger partial charge in [0.15, 0.2) is 0 Å². The normalized spacial score (nSPS) is 12.2. The van der Waals surface area contributed by atoms with Crippen LogP contribution in [0.25, 0.3) is 0 Å². The minimum Gasteiger partial charge on any atom is -0.378 e. The van der Waals surface area contributed by atoms with Crippen LogP contribution in [0.1, 0.15) is 24.1 Å². The van der Waals surface area contributed by atoms with Gasteiger partial charge in [-0.15, -0.1) is 0 Å². The molecule has 0 aliphatic rings. The van der Waals surface area contributed by atoms with Crippen molar-refractivity contribution in [3.63, 3.8) is 0 Å². The summed E-state index contributed by atoms with van der Waals surface area (Å²) in [4.78, 5) is 0. The van der Waals surface area contributed by atoms with Crippen molar-refractivity contribution in [3.8, 4) is 0 Å². The monoisotopic (exact) mass is 247 g/mol. The topological polar surface area (TPSA) is 12.0 Å². The summed E-state index contributed by atoms with van der Waals surface area (Å²) in [6.45, 7) is 3.70. The SMILES string of the molecule is Cc1ccccc1NC(C)c1c(F)cccc1F. The van der Waals surface area contributed by atoms with Gasteiger partial charge in [0.1, 0.15) is 11.6 Å². The average molecular weight is 247 g/mol. The lowest BCUT2D eigenvalue weighted by Crippen LogP contribution is -2.11. The number of halogens is 2. The molecule has 18 heavy (non-hydrogen) atoms. The molecule has 0 aromatic heterocycles. The van der Waals surface area contributed by atoms with Gasteiger partial charge >= 0.3 is 0 Å². The first kappa shape index (κ1) is 12.6. The Hall–Kier alpha value is -1.90. The van der Waals surface area contributed by atoms with E-state index in [2.05, 4.69) is 5.32 Å². The third kappa shape index (κ3) is 2.50. The highest BCUT2D eigenvalue weighted by molar-refractivity contribution is 5.51. The van der Waals surface area contributed by atoms with E-state index in [-0.39, 0.29) is 5.56 Å². The fraction of sp³-hybridized carbons (Fsp3) is 0.200. The van der Waals surface area contributed by atoms with Crippen LogP contribution in [0, 0.1) is 18.6 Å². The van der Waals surface area contributed by atoms with Gasteiger partial charge in [-0.2, -0.15) is 0 Å². The highest BCUT2D eigenvalue weighted by Gasteiger charge is 2.16. The number of aryl methyl sites for hydroxylation is 1. The van der Waals surface area contributed by atoms with Crippen LogP contribution in [-0.2, 0) is 0 Å². The smallest absolute Gasteiger partial charge is 0.131 e. The summed E-state index contributed by atoms with van der Waals surface area (Å²) in [5, 5.41) is 3.13. The summed E-state index contributed by atoms with van der Waals surface area (Å²) in [6, 6.07) is 11.1. The summed E-state index contributed by atoms with van der Waals surface area (Å²) in [5.41, 5.74) is 1.99. The molecule has 2 rings (SSSR count). The summed E-state index contributed by atoms with van der Waals surface area (Å²) in [7, 11) is 0. The van der Waals surface area contributed by atoms with Crippen LogP contribution in [0.5, 0.6) is 0 Å². The van der Waals surface area contributed by atoms with Crippen LogP contribution in [0.2, 0.25) is 0 Å². The van der Waals surface area contributed by atoms with Crippen LogP contribution in [-0.4, -0.2) is 0 Å². The van der Waals surface area contributed by atoms with Crippen LogP contribution < -0.4 is 5.32 Å². The van der Waals surface area contributed by atoms with Gasteiger partial charge in [0.25, 0.3) is 0 Å². The lowest BCUT2D eigenvalue weighted by molar-refractivity contribution is 0.544. The van der Waals surface area contributed by atoms with E-state index >= 15 is 0 Å². The molecule has 1 nitrogen and oxygen atoms in total. The number of para-hydroxylation sites is 1. The van der Waals surface area contributed by atoms with Gasteiger partial charge in [-0.25, -0.2) is 8.78 Å². The number of nitrogens with one attached hydrogen (secondary N) is 1. The van der Waals surface area contributed by atoms with Crippen molar-refractivity contribution < 1.29 is 8.78 Å². The van der Waals surface area contributed by atoms with Crippen molar-refractivity contribution in [1.29, 1.82) is 0 Å². The minimum absolute atomic E-state index is 0.0701. The van der Waals surface area contributed by atoms with Crippen LogP contribution in [0.3, 0.4) is 0 Å². The molecule has 0 aliphatic heterocycles. The zero-order valence-electron chi connectivity index (χ0n) is 10.4. The third-order valence-electron chi connectivity index (χ3n) is 2.95. The molecule has 3 heteroatoms. The predicted octanol–water partition coefficient (Wildman–Crippen LogP) is 4.45. The largest absolute Gasteiger partial charge is 0.378 e. The van der Waals surface area contributed by atoms with Crippen molar-refractivity contribution in [3.05, 3.63) is 65.2 Å². The molecule has 0 spiro atoms. The molecular formula is C15H15F2N. The molecule has 94 valence electrons. The predicted molar refractivity (Wildman–Crippen MR) is 69.6 cm³/mol. The van der Waals surface area contributed by atoms with Gasteiger partial charge in [-0.05, 0) is 37.6 Å². The zero-order chi connectivity index (χ0) is 13.1. The Labute approximate surface area is 105 Å². The first-order valence-electron chi connectivity index (χ1n) is 5.85. The van der Waals surface area contributed by atoms with E-state index in [1.165, 1.54) is 18.2 Å². The molecule has 0 aliphatic carbocycles. The highest BCUT2D eigenvalue weighted by Crippen LogP contribution is 2.25. The molecule has 1 unspecified atom stereocenters. The standard InChI is InChI=1S/C15H15F2N/c1-10-6-3-4-9-14(10)18-11(2)15-12(16)7-5-8-13(15)17/h3-9,11,18H,1-2H3. The quantitative estimate of drug-likeness (QED) is 0.845. The van der Waals surface area contributed by atoms with Gasteiger partial charge in [0.05, 0.1) is 6.04 Å². The molecule has 2 aromatic rings. The van der Waals surface area contributed by atoms with Crippen LogP contribution >= 0.6 is 0 Å². The molecule has 2 aromatic carbocycles. The molecule has 0 radical (unpaired) electrons. The Morgan fingerprint density at radius 2 is 1.56 bits per heavy atom. The Morgan fingerprint density at radius 1 is 0.944 bits per heavy atom. The summed E-state index contributed by atoms with van der Waals surface area (Å²) in [6.07, 6.45) is 0. The number of anilines is 1. The molecular weight excluding hydrogens is 232 g/mol. The van der Waals surface area contributed by atoms with E-state index in [0.29, 0.717) is 0 Å². The van der Waals surface area contributed by atoms with Crippen LogP contribution in [0.15, 0.2) is 42.5 Å². The highest BCUT2D eigenvalue weighted by atomic mass is 19.1. The van der Waals surface area contributed by atoms with E-state index in [1.807, 2.05) is 31.2 Å². The van der Waals surface area contributed by atoms with E-state index < -0.39 is 17.7 Å². The fourth-order valence-electron chi connectivity index (χ4n) is 1.96. The number of hydrogen-bond donors (Lipinski definition) is 1. The van der Waals surface area contributed by atoms with E-state index in [1.54, 1.807) is 6.92 Å². The molecule has 0 fully saturated rings. The average Bonchev–Trinajstić information content (AvgIpc) is 2.32. The molecule has 0 bridgehead atoms. The third-order valence-corrected chi connectivity index (χ3v) is 2.95. The second kappa shape index (κ2) is 5.17. The van der Waals surface area contributed by atoms with Crippen molar-refractivity contribution in [2.75, 3.05) is 5.32 Å². The lowest BCUT2D eigenvalue weighted by atomic mass is 10.1. The van der Waals surface area contributed by atoms with Gasteiger partial charge in [0.2, 0.25) is 0 Å². The molecule has 0 heterocycles. The van der Waals surface area contributed by atoms with E-state index in [0.717, 1.165) is 11.3 Å². The molecule has 1 N–H and O–H groups in total. The lowest BCUT2D eigenvalue weighted by Gasteiger charge is -2.18. The Kier molecular flexibility index (Phi) is 3.60. The molecule has 0 amide bonds. The number of rotatable bonds is 3. The molecule has 0 saturated heterocycles. The van der Waals surface area contributed by atoms with Crippen molar-refractivity contribution in [2.24, 2.45) is 0 Å². The summed E-state index contributed by atoms with van der Waals surface area (Å²) in [5.74, 6) is -1.05. The maximum atomic E-state index is 13.6. The summed E-state index contributed by atoms with van der Waals surface area (Å²) < 4.78 is 27.2. The maximum absolute atomic E-state index is 13.6. The van der Waals surface area contributed by atoms with Crippen molar-refractivity contribution in [2.45, 2.75) is 19.9 Å². The fourth-order valence-corrected chi connectivity index (χ4v) is 1.96. The Balaban J connectivity index is 2.28. The second-order valence-corrected chi connectivity index (χ2v) is 4.32.